The van der Waals surface area contributed by atoms with Gasteiger partial charge in [-0.1, -0.05) is 18.2 Å². The first-order valence-corrected chi connectivity index (χ1v) is 7.44. The Bertz CT molecular complexity index is 648. The highest BCUT2D eigenvalue weighted by Crippen LogP contribution is 2.30. The topological polar surface area (TPSA) is 48.1 Å². The second kappa shape index (κ2) is 4.63. The summed E-state index contributed by atoms with van der Waals surface area (Å²) in [6.45, 7) is 1.83. The minimum Gasteiger partial charge on any atom is -0.361 e. The number of carbonyl (C=O) groups is 1. The molecule has 4 nitrogen and oxygen atoms in total. The maximum absolute atomic E-state index is 12.8. The van der Waals surface area contributed by atoms with Crippen molar-refractivity contribution < 1.29 is 4.79 Å². The number of H-pyrrole nitrogens is 1. The van der Waals surface area contributed by atoms with E-state index in [1.54, 1.807) is 0 Å². The van der Waals surface area contributed by atoms with Gasteiger partial charge in [-0.25, -0.2) is 0 Å². The lowest BCUT2D eigenvalue weighted by Crippen LogP contribution is -2.57. The predicted molar refractivity (Wildman–Crippen MR) is 78.4 cm³/mol. The Morgan fingerprint density at radius 3 is 3.05 bits per heavy atom. The minimum atomic E-state index is -0.194. The van der Waals surface area contributed by atoms with Gasteiger partial charge in [-0.15, -0.1) is 0 Å². The summed E-state index contributed by atoms with van der Waals surface area (Å²) in [5, 5.41) is 4.60. The van der Waals surface area contributed by atoms with E-state index in [0.717, 1.165) is 42.4 Å². The van der Waals surface area contributed by atoms with Crippen LogP contribution in [0.25, 0.3) is 10.9 Å². The molecule has 2 N–H and O–H groups in total. The summed E-state index contributed by atoms with van der Waals surface area (Å²) >= 11 is 0. The van der Waals surface area contributed by atoms with Crippen LogP contribution in [-0.2, 0) is 4.79 Å². The molecule has 2 unspecified atom stereocenters. The van der Waals surface area contributed by atoms with Gasteiger partial charge in [-0.3, -0.25) is 4.79 Å². The SMILES string of the molecule is O=C1C(c2c[nH]c3ccccc23)NCC2CCCCN12. The summed E-state index contributed by atoms with van der Waals surface area (Å²) in [5.74, 6) is 0.241. The number of fused-ring (bicyclic) bond motifs is 2. The third-order valence-electron chi connectivity index (χ3n) is 4.65. The van der Waals surface area contributed by atoms with Crippen LogP contribution in [0.5, 0.6) is 0 Å². The molecule has 4 rings (SSSR count). The maximum Gasteiger partial charge on any atom is 0.244 e. The van der Waals surface area contributed by atoms with Crippen molar-refractivity contribution in [3.05, 3.63) is 36.0 Å². The van der Waals surface area contributed by atoms with Crippen LogP contribution in [-0.4, -0.2) is 34.9 Å². The van der Waals surface area contributed by atoms with Gasteiger partial charge in [0.15, 0.2) is 0 Å². The van der Waals surface area contributed by atoms with Crippen molar-refractivity contribution in [3.63, 3.8) is 0 Å². The number of amides is 1. The molecule has 0 radical (unpaired) electrons. The average molecular weight is 269 g/mol. The Morgan fingerprint density at radius 2 is 2.10 bits per heavy atom. The lowest BCUT2D eigenvalue weighted by Gasteiger charge is -2.42. The standard InChI is InChI=1S/C16H19N3O/c20-16-15(18-9-11-5-3-4-8-19(11)16)13-10-17-14-7-2-1-6-12(13)14/h1-2,6-7,10-11,15,17-18H,3-5,8-9H2. The molecule has 1 aromatic carbocycles. The number of para-hydroxylation sites is 1. The number of piperazine rings is 1. The van der Waals surface area contributed by atoms with Crippen molar-refractivity contribution in [1.29, 1.82) is 0 Å². The first-order chi connectivity index (χ1) is 9.84. The fraction of sp³-hybridized carbons (Fsp3) is 0.438. The Balaban J connectivity index is 1.70. The van der Waals surface area contributed by atoms with E-state index < -0.39 is 0 Å². The number of carbonyl (C=O) groups excluding carboxylic acids is 1. The zero-order valence-electron chi connectivity index (χ0n) is 11.4. The molecule has 2 atom stereocenters. The molecule has 2 aliphatic heterocycles. The normalized spacial score (nSPS) is 26.8. The zero-order chi connectivity index (χ0) is 13.5. The molecule has 20 heavy (non-hydrogen) atoms. The summed E-state index contributed by atoms with van der Waals surface area (Å²) in [7, 11) is 0. The van der Waals surface area contributed by atoms with Gasteiger partial charge in [0.25, 0.3) is 0 Å². The molecule has 0 aliphatic carbocycles. The number of hydrogen-bond acceptors (Lipinski definition) is 2. The molecule has 0 bridgehead atoms. The number of nitrogens with one attached hydrogen (secondary N) is 2. The predicted octanol–water partition coefficient (Wildman–Crippen LogP) is 2.19. The van der Waals surface area contributed by atoms with Crippen molar-refractivity contribution in [2.75, 3.05) is 13.1 Å². The van der Waals surface area contributed by atoms with E-state index in [4.69, 9.17) is 0 Å². The van der Waals surface area contributed by atoms with E-state index in [1.165, 1.54) is 6.42 Å². The molecule has 4 heteroatoms. The first kappa shape index (κ1) is 12.0. The number of hydrogen-bond donors (Lipinski definition) is 2. The van der Waals surface area contributed by atoms with Crippen molar-refractivity contribution in [3.8, 4) is 0 Å². The van der Waals surface area contributed by atoms with E-state index in [0.29, 0.717) is 6.04 Å². The fourth-order valence-electron chi connectivity index (χ4n) is 3.59. The van der Waals surface area contributed by atoms with Gasteiger partial charge >= 0.3 is 0 Å². The van der Waals surface area contributed by atoms with E-state index in [1.807, 2.05) is 18.3 Å². The van der Waals surface area contributed by atoms with Gasteiger partial charge in [0, 0.05) is 41.8 Å². The lowest BCUT2D eigenvalue weighted by atomic mass is 9.94. The van der Waals surface area contributed by atoms with E-state index in [2.05, 4.69) is 27.3 Å². The third kappa shape index (κ3) is 1.75. The monoisotopic (exact) mass is 269 g/mol. The molecule has 104 valence electrons. The van der Waals surface area contributed by atoms with Gasteiger partial charge in [0.2, 0.25) is 5.91 Å². The molecule has 0 saturated carbocycles. The molecule has 0 spiro atoms. The summed E-state index contributed by atoms with van der Waals surface area (Å²) in [4.78, 5) is 18.1. The van der Waals surface area contributed by atoms with Crippen LogP contribution in [0.1, 0.15) is 30.9 Å². The quantitative estimate of drug-likeness (QED) is 0.833. The van der Waals surface area contributed by atoms with Crippen LogP contribution in [0.15, 0.2) is 30.5 Å². The van der Waals surface area contributed by atoms with Crippen molar-refractivity contribution in [2.24, 2.45) is 0 Å². The van der Waals surface area contributed by atoms with E-state index >= 15 is 0 Å². The molecular weight excluding hydrogens is 250 g/mol. The first-order valence-electron chi connectivity index (χ1n) is 7.44. The molecule has 2 saturated heterocycles. The molecule has 1 amide bonds. The smallest absolute Gasteiger partial charge is 0.244 e. The van der Waals surface area contributed by atoms with Gasteiger partial charge < -0.3 is 15.2 Å². The van der Waals surface area contributed by atoms with Crippen LogP contribution in [0.4, 0.5) is 0 Å². The van der Waals surface area contributed by atoms with Crippen LogP contribution < -0.4 is 5.32 Å². The lowest BCUT2D eigenvalue weighted by molar-refractivity contribution is -0.140. The van der Waals surface area contributed by atoms with Crippen LogP contribution in [0.2, 0.25) is 0 Å². The number of rotatable bonds is 1. The van der Waals surface area contributed by atoms with E-state index in [-0.39, 0.29) is 11.9 Å². The highest BCUT2D eigenvalue weighted by molar-refractivity contribution is 5.92. The molecule has 2 aromatic rings. The molecule has 1 aromatic heterocycles. The molecular formula is C16H19N3O. The molecule has 2 aliphatic rings. The number of nitrogens with zero attached hydrogens (tertiary/aromatic N) is 1. The molecule has 3 heterocycles. The Kier molecular flexibility index (Phi) is 2.77. The number of aromatic amines is 1. The fourth-order valence-corrected chi connectivity index (χ4v) is 3.59. The van der Waals surface area contributed by atoms with Crippen LogP contribution >= 0.6 is 0 Å². The number of benzene rings is 1. The van der Waals surface area contributed by atoms with Crippen molar-refractivity contribution in [1.82, 2.24) is 15.2 Å². The number of piperidine rings is 1. The second-order valence-corrected chi connectivity index (χ2v) is 5.81. The Labute approximate surface area is 118 Å². The zero-order valence-corrected chi connectivity index (χ0v) is 11.4. The van der Waals surface area contributed by atoms with Crippen molar-refractivity contribution in [2.45, 2.75) is 31.3 Å². The largest absolute Gasteiger partial charge is 0.361 e. The van der Waals surface area contributed by atoms with E-state index in [9.17, 15) is 4.79 Å². The average Bonchev–Trinajstić information content (AvgIpc) is 2.92. The Hall–Kier alpha value is -1.81. The van der Waals surface area contributed by atoms with Gasteiger partial charge in [0.05, 0.1) is 0 Å². The molecule has 2 fully saturated rings. The highest BCUT2D eigenvalue weighted by atomic mass is 16.2. The summed E-state index contributed by atoms with van der Waals surface area (Å²) in [5.41, 5.74) is 2.17. The van der Waals surface area contributed by atoms with Crippen LogP contribution in [0, 0.1) is 0 Å². The van der Waals surface area contributed by atoms with Gasteiger partial charge in [-0.2, -0.15) is 0 Å². The van der Waals surface area contributed by atoms with Gasteiger partial charge in [-0.05, 0) is 25.3 Å². The Morgan fingerprint density at radius 1 is 1.20 bits per heavy atom. The number of aromatic nitrogens is 1. The van der Waals surface area contributed by atoms with Crippen LogP contribution in [0.3, 0.4) is 0 Å². The van der Waals surface area contributed by atoms with Crippen molar-refractivity contribution >= 4 is 16.8 Å². The second-order valence-electron chi connectivity index (χ2n) is 5.81. The maximum atomic E-state index is 12.8. The summed E-state index contributed by atoms with van der Waals surface area (Å²) < 4.78 is 0. The minimum absolute atomic E-state index is 0.194. The summed E-state index contributed by atoms with van der Waals surface area (Å²) in [6.07, 6.45) is 5.50. The third-order valence-corrected chi connectivity index (χ3v) is 4.65. The summed E-state index contributed by atoms with van der Waals surface area (Å²) in [6, 6.07) is 8.38. The van der Waals surface area contributed by atoms with Gasteiger partial charge in [0.1, 0.15) is 6.04 Å². The highest BCUT2D eigenvalue weighted by Gasteiger charge is 2.37.